The van der Waals surface area contributed by atoms with Gasteiger partial charge in [0.1, 0.15) is 11.6 Å². The van der Waals surface area contributed by atoms with Crippen LogP contribution < -0.4 is 10.1 Å². The molecule has 0 aliphatic heterocycles. The third-order valence-corrected chi connectivity index (χ3v) is 4.82. The normalized spacial score (nSPS) is 13.1. The molecule has 2 amide bonds. The van der Waals surface area contributed by atoms with Crippen molar-refractivity contribution in [1.29, 1.82) is 0 Å². The zero-order valence-electron chi connectivity index (χ0n) is 16.6. The number of halogens is 1. The Bertz CT molecular complexity index is 732. The van der Waals surface area contributed by atoms with Gasteiger partial charge in [-0.15, -0.1) is 0 Å². The Morgan fingerprint density at radius 3 is 2.11 bits per heavy atom. The van der Waals surface area contributed by atoms with E-state index in [1.807, 2.05) is 45.3 Å². The third kappa shape index (κ3) is 5.44. The Hall–Kier alpha value is -2.60. The number of methoxy groups -OCH3 is 1. The number of benzene rings is 2. The van der Waals surface area contributed by atoms with Gasteiger partial charge >= 0.3 is 6.03 Å². The summed E-state index contributed by atoms with van der Waals surface area (Å²) in [5, 5.41) is 2.99. The van der Waals surface area contributed by atoms with Crippen LogP contribution in [0.2, 0.25) is 0 Å². The van der Waals surface area contributed by atoms with Crippen molar-refractivity contribution in [3.63, 3.8) is 0 Å². The number of carbonyl (C=O) groups is 1. The van der Waals surface area contributed by atoms with E-state index in [0.29, 0.717) is 6.54 Å². The van der Waals surface area contributed by atoms with Gasteiger partial charge in [0.25, 0.3) is 0 Å². The lowest BCUT2D eigenvalue weighted by atomic mass is 10.1. The first-order valence-corrected chi connectivity index (χ1v) is 8.90. The van der Waals surface area contributed by atoms with Crippen molar-refractivity contribution in [3.05, 3.63) is 65.5 Å². The number of likely N-dealkylation sites (N-methyl/N-ethyl adjacent to an activating group) is 1. The minimum absolute atomic E-state index is 0.0365. The van der Waals surface area contributed by atoms with Gasteiger partial charge < -0.3 is 19.9 Å². The predicted molar refractivity (Wildman–Crippen MR) is 105 cm³/mol. The van der Waals surface area contributed by atoms with Crippen LogP contribution in [-0.2, 0) is 0 Å². The third-order valence-electron chi connectivity index (χ3n) is 4.82. The van der Waals surface area contributed by atoms with E-state index >= 15 is 0 Å². The van der Waals surface area contributed by atoms with Crippen LogP contribution >= 0.6 is 0 Å². The van der Waals surface area contributed by atoms with Crippen molar-refractivity contribution in [3.8, 4) is 5.75 Å². The standard InChI is InChI=1S/C21H28FN3O2/c1-15(16-6-10-18(22)11-7-16)25(4)21(26)23-14-20(24(2)3)17-8-12-19(27-5)13-9-17/h6-13,15,20H,14H2,1-5H3,(H,23,26). The second-order valence-corrected chi connectivity index (χ2v) is 6.78. The molecule has 27 heavy (non-hydrogen) atoms. The molecule has 2 aromatic carbocycles. The molecule has 1 N–H and O–H groups in total. The van der Waals surface area contributed by atoms with Crippen LogP contribution in [-0.4, -0.2) is 50.6 Å². The molecule has 0 saturated carbocycles. The quantitative estimate of drug-likeness (QED) is 0.802. The lowest BCUT2D eigenvalue weighted by molar-refractivity contribution is 0.189. The maximum Gasteiger partial charge on any atom is 0.317 e. The van der Waals surface area contributed by atoms with Crippen LogP contribution in [0.15, 0.2) is 48.5 Å². The lowest BCUT2D eigenvalue weighted by Crippen LogP contribution is -2.42. The van der Waals surface area contributed by atoms with E-state index in [2.05, 4.69) is 10.2 Å². The van der Waals surface area contributed by atoms with Crippen molar-refractivity contribution < 1.29 is 13.9 Å². The first-order valence-electron chi connectivity index (χ1n) is 8.90. The minimum Gasteiger partial charge on any atom is -0.497 e. The molecule has 2 aromatic rings. The summed E-state index contributed by atoms with van der Waals surface area (Å²) in [4.78, 5) is 16.3. The number of nitrogens with one attached hydrogen (secondary N) is 1. The number of ether oxygens (including phenoxy) is 1. The largest absolute Gasteiger partial charge is 0.497 e. The number of nitrogens with zero attached hydrogens (tertiary/aromatic N) is 2. The van der Waals surface area contributed by atoms with Crippen LogP contribution in [0.1, 0.15) is 30.1 Å². The first kappa shape index (κ1) is 20.7. The van der Waals surface area contributed by atoms with Gasteiger partial charge in [0, 0.05) is 13.6 Å². The van der Waals surface area contributed by atoms with E-state index in [4.69, 9.17) is 4.74 Å². The molecule has 6 heteroatoms. The average molecular weight is 373 g/mol. The van der Waals surface area contributed by atoms with Crippen LogP contribution in [0.5, 0.6) is 5.75 Å². The minimum atomic E-state index is -0.286. The molecule has 0 heterocycles. The zero-order chi connectivity index (χ0) is 20.0. The highest BCUT2D eigenvalue weighted by Gasteiger charge is 2.20. The molecule has 5 nitrogen and oxygen atoms in total. The summed E-state index contributed by atoms with van der Waals surface area (Å²) < 4.78 is 18.3. The molecule has 0 fully saturated rings. The number of urea groups is 1. The molecule has 2 rings (SSSR count). The highest BCUT2D eigenvalue weighted by atomic mass is 19.1. The number of rotatable bonds is 7. The van der Waals surface area contributed by atoms with Gasteiger partial charge in [-0.05, 0) is 56.4 Å². The molecule has 0 saturated heterocycles. The molecule has 2 unspecified atom stereocenters. The van der Waals surface area contributed by atoms with E-state index in [-0.39, 0.29) is 23.9 Å². The molecule has 0 aliphatic carbocycles. The summed E-state index contributed by atoms with van der Waals surface area (Å²) in [5.41, 5.74) is 1.98. The summed E-state index contributed by atoms with van der Waals surface area (Å²) in [6.45, 7) is 2.39. The van der Waals surface area contributed by atoms with E-state index in [9.17, 15) is 9.18 Å². The number of carbonyl (C=O) groups excluding carboxylic acids is 1. The molecule has 0 aliphatic rings. The second kappa shape index (κ2) is 9.37. The van der Waals surface area contributed by atoms with E-state index in [1.165, 1.54) is 12.1 Å². The van der Waals surface area contributed by atoms with E-state index in [1.54, 1.807) is 31.2 Å². The van der Waals surface area contributed by atoms with Gasteiger partial charge in [-0.2, -0.15) is 0 Å². The molecule has 146 valence electrons. The molecular weight excluding hydrogens is 345 g/mol. The van der Waals surface area contributed by atoms with Crippen molar-refractivity contribution >= 4 is 6.03 Å². The highest BCUT2D eigenvalue weighted by Crippen LogP contribution is 2.22. The molecule has 0 radical (unpaired) electrons. The highest BCUT2D eigenvalue weighted by molar-refractivity contribution is 5.74. The lowest BCUT2D eigenvalue weighted by Gasteiger charge is -2.29. The monoisotopic (exact) mass is 373 g/mol. The van der Waals surface area contributed by atoms with Gasteiger partial charge in [-0.3, -0.25) is 0 Å². The topological polar surface area (TPSA) is 44.8 Å². The average Bonchev–Trinajstić information content (AvgIpc) is 2.67. The van der Waals surface area contributed by atoms with E-state index in [0.717, 1.165) is 16.9 Å². The molecule has 0 bridgehead atoms. The van der Waals surface area contributed by atoms with Gasteiger partial charge in [0.15, 0.2) is 0 Å². The predicted octanol–water partition coefficient (Wildman–Crippen LogP) is 3.84. The molecule has 0 aromatic heterocycles. The Morgan fingerprint density at radius 1 is 1.04 bits per heavy atom. The van der Waals surface area contributed by atoms with Crippen LogP contribution in [0.25, 0.3) is 0 Å². The van der Waals surface area contributed by atoms with Crippen molar-refractivity contribution in [1.82, 2.24) is 15.1 Å². The van der Waals surface area contributed by atoms with Gasteiger partial charge in [-0.1, -0.05) is 24.3 Å². The Kier molecular flexibility index (Phi) is 7.19. The molecule has 2 atom stereocenters. The maximum atomic E-state index is 13.1. The first-order chi connectivity index (χ1) is 12.8. The van der Waals surface area contributed by atoms with Crippen molar-refractivity contribution in [2.24, 2.45) is 0 Å². The van der Waals surface area contributed by atoms with Crippen molar-refractivity contribution in [2.45, 2.75) is 19.0 Å². The Labute approximate surface area is 160 Å². The number of hydrogen-bond donors (Lipinski definition) is 1. The fraction of sp³-hybridized carbons (Fsp3) is 0.381. The second-order valence-electron chi connectivity index (χ2n) is 6.78. The number of hydrogen-bond acceptors (Lipinski definition) is 3. The van der Waals surface area contributed by atoms with Gasteiger partial charge in [-0.25, -0.2) is 9.18 Å². The fourth-order valence-electron chi connectivity index (χ4n) is 2.87. The summed E-state index contributed by atoms with van der Waals surface area (Å²) in [5.74, 6) is 0.513. The van der Waals surface area contributed by atoms with Crippen LogP contribution in [0.4, 0.5) is 9.18 Å². The number of amides is 2. The Morgan fingerprint density at radius 2 is 1.59 bits per heavy atom. The van der Waals surface area contributed by atoms with Gasteiger partial charge in [0.05, 0.1) is 19.2 Å². The molecular formula is C21H28FN3O2. The Balaban J connectivity index is 2.00. The summed E-state index contributed by atoms with van der Waals surface area (Å²) in [6, 6.07) is 13.7. The van der Waals surface area contributed by atoms with Crippen LogP contribution in [0, 0.1) is 5.82 Å². The van der Waals surface area contributed by atoms with E-state index < -0.39 is 0 Å². The van der Waals surface area contributed by atoms with Crippen LogP contribution in [0.3, 0.4) is 0 Å². The van der Waals surface area contributed by atoms with Crippen molar-refractivity contribution in [2.75, 3.05) is 34.8 Å². The van der Waals surface area contributed by atoms with Gasteiger partial charge in [0.2, 0.25) is 0 Å². The molecule has 0 spiro atoms. The summed E-state index contributed by atoms with van der Waals surface area (Å²) in [6.07, 6.45) is 0. The maximum absolute atomic E-state index is 13.1. The summed E-state index contributed by atoms with van der Waals surface area (Å²) >= 11 is 0. The summed E-state index contributed by atoms with van der Waals surface area (Å²) in [7, 11) is 7.33. The zero-order valence-corrected chi connectivity index (χ0v) is 16.6. The smallest absolute Gasteiger partial charge is 0.317 e. The SMILES string of the molecule is COc1ccc(C(CNC(=O)N(C)C(C)c2ccc(F)cc2)N(C)C)cc1. The fourth-order valence-corrected chi connectivity index (χ4v) is 2.87.